The van der Waals surface area contributed by atoms with Gasteiger partial charge in [0, 0.05) is 19.2 Å². The minimum atomic E-state index is 0.130. The summed E-state index contributed by atoms with van der Waals surface area (Å²) in [5.74, 6) is 0. The number of benzene rings is 1. The minimum absolute atomic E-state index is 0.130. The molecule has 0 bridgehead atoms. The third kappa shape index (κ3) is 1.82. The smallest absolute Gasteiger partial charge is 0.267 e. The zero-order chi connectivity index (χ0) is 11.7. The summed E-state index contributed by atoms with van der Waals surface area (Å²) in [6, 6.07) is 11.9. The van der Waals surface area contributed by atoms with Crippen LogP contribution in [-0.2, 0) is 13.1 Å². The van der Waals surface area contributed by atoms with E-state index in [9.17, 15) is 4.79 Å². The molecule has 88 valence electrons. The number of nitrogens with zero attached hydrogens (tertiary/aromatic N) is 2. The molecule has 0 saturated heterocycles. The van der Waals surface area contributed by atoms with Gasteiger partial charge >= 0.3 is 0 Å². The van der Waals surface area contributed by atoms with E-state index in [0.717, 1.165) is 37.2 Å². The SMILES string of the molecule is O=c1cc(-c2ccccc2)n2n1CCCCC2. The van der Waals surface area contributed by atoms with Gasteiger partial charge in [0.15, 0.2) is 0 Å². The summed E-state index contributed by atoms with van der Waals surface area (Å²) in [7, 11) is 0. The molecule has 1 aromatic carbocycles. The highest BCUT2D eigenvalue weighted by Crippen LogP contribution is 2.20. The van der Waals surface area contributed by atoms with E-state index in [1.165, 1.54) is 6.42 Å². The van der Waals surface area contributed by atoms with Crippen LogP contribution in [0.4, 0.5) is 0 Å². The summed E-state index contributed by atoms with van der Waals surface area (Å²) in [5, 5.41) is 0. The first-order chi connectivity index (χ1) is 8.36. The van der Waals surface area contributed by atoms with E-state index in [-0.39, 0.29) is 5.56 Å². The lowest BCUT2D eigenvalue weighted by Crippen LogP contribution is -2.21. The van der Waals surface area contributed by atoms with Crippen LogP contribution in [0.5, 0.6) is 0 Å². The molecule has 2 aromatic rings. The Balaban J connectivity index is 2.15. The number of fused-ring (bicyclic) bond motifs is 1. The lowest BCUT2D eigenvalue weighted by molar-refractivity contribution is 0.481. The van der Waals surface area contributed by atoms with E-state index < -0.39 is 0 Å². The highest BCUT2D eigenvalue weighted by atomic mass is 16.1. The number of rotatable bonds is 1. The summed E-state index contributed by atoms with van der Waals surface area (Å²) in [4.78, 5) is 12.0. The molecule has 0 amide bonds. The molecule has 2 heterocycles. The summed E-state index contributed by atoms with van der Waals surface area (Å²) in [6.45, 7) is 1.80. The maximum atomic E-state index is 12.0. The van der Waals surface area contributed by atoms with E-state index in [1.54, 1.807) is 6.07 Å². The van der Waals surface area contributed by atoms with Crippen LogP contribution in [0.2, 0.25) is 0 Å². The van der Waals surface area contributed by atoms with Crippen LogP contribution in [0.3, 0.4) is 0 Å². The Kier molecular flexibility index (Phi) is 2.59. The molecule has 0 atom stereocenters. The maximum absolute atomic E-state index is 12.0. The summed E-state index contributed by atoms with van der Waals surface area (Å²) in [5.41, 5.74) is 2.31. The van der Waals surface area contributed by atoms with Crippen molar-refractivity contribution in [3.63, 3.8) is 0 Å². The lowest BCUT2D eigenvalue weighted by Gasteiger charge is -2.11. The highest BCUT2D eigenvalue weighted by molar-refractivity contribution is 5.59. The minimum Gasteiger partial charge on any atom is -0.282 e. The Hall–Kier alpha value is -1.77. The molecule has 0 saturated carbocycles. The molecular weight excluding hydrogens is 212 g/mol. The van der Waals surface area contributed by atoms with Crippen molar-refractivity contribution < 1.29 is 0 Å². The van der Waals surface area contributed by atoms with E-state index in [1.807, 2.05) is 22.9 Å². The number of hydrogen-bond donors (Lipinski definition) is 0. The quantitative estimate of drug-likeness (QED) is 0.736. The summed E-state index contributed by atoms with van der Waals surface area (Å²) >= 11 is 0. The molecule has 3 nitrogen and oxygen atoms in total. The van der Waals surface area contributed by atoms with Crippen LogP contribution in [0.1, 0.15) is 19.3 Å². The van der Waals surface area contributed by atoms with Crippen molar-refractivity contribution in [1.29, 1.82) is 0 Å². The van der Waals surface area contributed by atoms with Gasteiger partial charge < -0.3 is 0 Å². The van der Waals surface area contributed by atoms with E-state index in [4.69, 9.17) is 0 Å². The fraction of sp³-hybridized carbons (Fsp3) is 0.357. The molecule has 0 radical (unpaired) electrons. The fourth-order valence-electron chi connectivity index (χ4n) is 2.53. The van der Waals surface area contributed by atoms with Crippen LogP contribution < -0.4 is 5.56 Å². The van der Waals surface area contributed by atoms with Crippen LogP contribution in [0.25, 0.3) is 11.3 Å². The van der Waals surface area contributed by atoms with Gasteiger partial charge in [0.1, 0.15) is 0 Å². The molecule has 0 unspecified atom stereocenters. The Morgan fingerprint density at radius 1 is 0.882 bits per heavy atom. The van der Waals surface area contributed by atoms with Gasteiger partial charge in [-0.05, 0) is 24.8 Å². The molecule has 1 aromatic heterocycles. The third-order valence-corrected chi connectivity index (χ3v) is 3.39. The maximum Gasteiger partial charge on any atom is 0.267 e. The molecule has 0 N–H and O–H groups in total. The standard InChI is InChI=1S/C14H16N2O/c17-14-11-13(12-7-3-1-4-8-12)15-9-5-2-6-10-16(14)15/h1,3-4,7-8,11H,2,5-6,9-10H2. The Bertz CT molecular complexity index is 566. The van der Waals surface area contributed by atoms with Gasteiger partial charge in [-0.2, -0.15) is 0 Å². The molecule has 0 fully saturated rings. The van der Waals surface area contributed by atoms with Crippen molar-refractivity contribution in [2.24, 2.45) is 0 Å². The molecular formula is C14H16N2O. The summed E-state index contributed by atoms with van der Waals surface area (Å²) < 4.78 is 4.03. The van der Waals surface area contributed by atoms with Crippen LogP contribution in [0, 0.1) is 0 Å². The van der Waals surface area contributed by atoms with E-state index in [0.29, 0.717) is 0 Å². The second-order valence-electron chi connectivity index (χ2n) is 4.54. The fourth-order valence-corrected chi connectivity index (χ4v) is 2.53. The zero-order valence-corrected chi connectivity index (χ0v) is 9.80. The predicted molar refractivity (Wildman–Crippen MR) is 68.0 cm³/mol. The molecule has 1 aliphatic heterocycles. The summed E-state index contributed by atoms with van der Waals surface area (Å²) in [6.07, 6.45) is 3.48. The molecule has 3 heteroatoms. The molecule has 17 heavy (non-hydrogen) atoms. The Labute approximate surface area is 100 Å². The normalized spacial score (nSPS) is 15.3. The first kappa shape index (κ1) is 10.4. The molecule has 1 aliphatic rings. The molecule has 0 spiro atoms. The van der Waals surface area contributed by atoms with Gasteiger partial charge in [-0.1, -0.05) is 30.3 Å². The monoisotopic (exact) mass is 228 g/mol. The van der Waals surface area contributed by atoms with Gasteiger partial charge in [0.05, 0.1) is 5.69 Å². The predicted octanol–water partition coefficient (Wildman–Crippen LogP) is 2.50. The van der Waals surface area contributed by atoms with Gasteiger partial charge in [-0.25, -0.2) is 0 Å². The van der Waals surface area contributed by atoms with Gasteiger partial charge in [0.2, 0.25) is 0 Å². The van der Waals surface area contributed by atoms with Crippen LogP contribution in [0.15, 0.2) is 41.2 Å². The second kappa shape index (κ2) is 4.24. The average Bonchev–Trinajstić information content (AvgIpc) is 2.57. The van der Waals surface area contributed by atoms with Crippen LogP contribution >= 0.6 is 0 Å². The Morgan fingerprint density at radius 2 is 1.59 bits per heavy atom. The van der Waals surface area contributed by atoms with Crippen molar-refractivity contribution in [3.8, 4) is 11.3 Å². The third-order valence-electron chi connectivity index (χ3n) is 3.39. The first-order valence-electron chi connectivity index (χ1n) is 6.22. The Morgan fingerprint density at radius 3 is 2.35 bits per heavy atom. The van der Waals surface area contributed by atoms with Gasteiger partial charge in [-0.15, -0.1) is 0 Å². The van der Waals surface area contributed by atoms with Crippen molar-refractivity contribution in [2.45, 2.75) is 32.4 Å². The van der Waals surface area contributed by atoms with E-state index >= 15 is 0 Å². The molecule has 0 aliphatic carbocycles. The van der Waals surface area contributed by atoms with E-state index in [2.05, 4.69) is 16.8 Å². The number of aromatic nitrogens is 2. The zero-order valence-electron chi connectivity index (χ0n) is 9.80. The first-order valence-corrected chi connectivity index (χ1v) is 6.22. The van der Waals surface area contributed by atoms with Crippen LogP contribution in [-0.4, -0.2) is 9.36 Å². The van der Waals surface area contributed by atoms with Crippen molar-refractivity contribution in [1.82, 2.24) is 9.36 Å². The highest BCUT2D eigenvalue weighted by Gasteiger charge is 2.14. The van der Waals surface area contributed by atoms with Crippen molar-refractivity contribution in [3.05, 3.63) is 46.8 Å². The lowest BCUT2D eigenvalue weighted by atomic mass is 10.1. The van der Waals surface area contributed by atoms with Gasteiger partial charge in [-0.3, -0.25) is 14.2 Å². The van der Waals surface area contributed by atoms with Gasteiger partial charge in [0.25, 0.3) is 5.56 Å². The topological polar surface area (TPSA) is 26.9 Å². The second-order valence-corrected chi connectivity index (χ2v) is 4.54. The largest absolute Gasteiger partial charge is 0.282 e. The molecule has 3 rings (SSSR count). The average molecular weight is 228 g/mol. The van der Waals surface area contributed by atoms with Crippen molar-refractivity contribution in [2.75, 3.05) is 0 Å². The van der Waals surface area contributed by atoms with Crippen molar-refractivity contribution >= 4 is 0 Å². The number of hydrogen-bond acceptors (Lipinski definition) is 1.